The van der Waals surface area contributed by atoms with Gasteiger partial charge in [-0.1, -0.05) is 30.3 Å². The lowest BCUT2D eigenvalue weighted by atomic mass is 10.0. The van der Waals surface area contributed by atoms with Crippen LogP contribution in [0.4, 0.5) is 13.2 Å². The van der Waals surface area contributed by atoms with E-state index in [2.05, 4.69) is 0 Å². The fourth-order valence-electron chi connectivity index (χ4n) is 1.60. The third-order valence-electron chi connectivity index (χ3n) is 2.51. The highest BCUT2D eigenvalue weighted by Crippen LogP contribution is 2.15. The van der Waals surface area contributed by atoms with Gasteiger partial charge in [-0.2, -0.15) is 0 Å². The number of benzene rings is 2. The summed E-state index contributed by atoms with van der Waals surface area (Å²) >= 11 is 0. The second-order valence-corrected chi connectivity index (χ2v) is 3.84. The average molecular weight is 250 g/mol. The zero-order chi connectivity index (χ0) is 13.1. The molecule has 0 bridgehead atoms. The molecule has 0 aromatic heterocycles. The number of hydrogen-bond acceptors (Lipinski definition) is 1. The minimum Gasteiger partial charge on any atom is -0.294 e. The van der Waals surface area contributed by atoms with Gasteiger partial charge in [-0.05, 0) is 17.7 Å². The van der Waals surface area contributed by atoms with E-state index in [9.17, 15) is 18.0 Å². The lowest BCUT2D eigenvalue weighted by Crippen LogP contribution is -2.06. The molecule has 0 amide bonds. The number of Topliss-reactive ketones (excluding diaryl/α,β-unsaturated/α-hetero) is 1. The summed E-state index contributed by atoms with van der Waals surface area (Å²) in [5, 5.41) is 0. The van der Waals surface area contributed by atoms with Gasteiger partial charge in [0.2, 0.25) is 0 Å². The van der Waals surface area contributed by atoms with Crippen LogP contribution in [-0.4, -0.2) is 5.78 Å². The standard InChI is InChI=1S/C14H9F3O/c15-11-7-10(8-12(16)14(11)17)13(18)6-9-4-2-1-3-5-9/h1-5,7-8H,6H2. The van der Waals surface area contributed by atoms with Crippen molar-refractivity contribution in [3.63, 3.8) is 0 Å². The highest BCUT2D eigenvalue weighted by molar-refractivity contribution is 5.97. The molecule has 92 valence electrons. The molecular weight excluding hydrogens is 241 g/mol. The summed E-state index contributed by atoms with van der Waals surface area (Å²) in [7, 11) is 0. The molecule has 1 nitrogen and oxygen atoms in total. The number of rotatable bonds is 3. The third kappa shape index (κ3) is 2.59. The molecule has 0 aliphatic heterocycles. The van der Waals surface area contributed by atoms with E-state index in [1.807, 2.05) is 0 Å². The summed E-state index contributed by atoms with van der Waals surface area (Å²) in [6.07, 6.45) is 0.0192. The van der Waals surface area contributed by atoms with E-state index in [0.717, 1.165) is 5.56 Å². The zero-order valence-corrected chi connectivity index (χ0v) is 9.29. The van der Waals surface area contributed by atoms with Crippen LogP contribution in [0.1, 0.15) is 15.9 Å². The van der Waals surface area contributed by atoms with Crippen molar-refractivity contribution >= 4 is 5.78 Å². The lowest BCUT2D eigenvalue weighted by molar-refractivity contribution is 0.0992. The smallest absolute Gasteiger partial charge is 0.194 e. The van der Waals surface area contributed by atoms with Gasteiger partial charge in [0.15, 0.2) is 23.2 Å². The summed E-state index contributed by atoms with van der Waals surface area (Å²) in [6.45, 7) is 0. The summed E-state index contributed by atoms with van der Waals surface area (Å²) in [5.41, 5.74) is 0.558. The van der Waals surface area contributed by atoms with Crippen LogP contribution in [0.25, 0.3) is 0 Å². The monoisotopic (exact) mass is 250 g/mol. The molecule has 4 heteroatoms. The van der Waals surface area contributed by atoms with Gasteiger partial charge >= 0.3 is 0 Å². The van der Waals surface area contributed by atoms with Crippen LogP contribution in [0.15, 0.2) is 42.5 Å². The predicted octanol–water partition coefficient (Wildman–Crippen LogP) is 3.53. The fraction of sp³-hybridized carbons (Fsp3) is 0.0714. The van der Waals surface area contributed by atoms with Crippen LogP contribution in [-0.2, 0) is 6.42 Å². The molecule has 0 heterocycles. The molecule has 0 radical (unpaired) electrons. The summed E-state index contributed by atoms with van der Waals surface area (Å²) in [4.78, 5) is 11.8. The van der Waals surface area contributed by atoms with Crippen LogP contribution in [0.3, 0.4) is 0 Å². The number of hydrogen-bond donors (Lipinski definition) is 0. The van der Waals surface area contributed by atoms with Gasteiger partial charge in [0.1, 0.15) is 0 Å². The molecule has 0 aliphatic carbocycles. The van der Waals surface area contributed by atoms with E-state index in [1.54, 1.807) is 30.3 Å². The third-order valence-corrected chi connectivity index (χ3v) is 2.51. The SMILES string of the molecule is O=C(Cc1ccccc1)c1cc(F)c(F)c(F)c1. The first-order valence-electron chi connectivity index (χ1n) is 5.29. The fourth-order valence-corrected chi connectivity index (χ4v) is 1.60. The topological polar surface area (TPSA) is 17.1 Å². The Kier molecular flexibility index (Phi) is 3.46. The van der Waals surface area contributed by atoms with Crippen molar-refractivity contribution in [3.05, 3.63) is 71.0 Å². The Balaban J connectivity index is 2.25. The minimum atomic E-state index is -1.56. The van der Waals surface area contributed by atoms with Crippen molar-refractivity contribution in [2.75, 3.05) is 0 Å². The number of halogens is 3. The maximum absolute atomic E-state index is 13.0. The van der Waals surface area contributed by atoms with Crippen molar-refractivity contribution in [2.24, 2.45) is 0 Å². The maximum atomic E-state index is 13.0. The predicted molar refractivity (Wildman–Crippen MR) is 60.8 cm³/mol. The Morgan fingerprint density at radius 1 is 0.944 bits per heavy atom. The van der Waals surface area contributed by atoms with Gasteiger partial charge in [0.05, 0.1) is 0 Å². The van der Waals surface area contributed by atoms with E-state index < -0.39 is 23.2 Å². The quantitative estimate of drug-likeness (QED) is 0.601. The molecule has 0 spiro atoms. The normalized spacial score (nSPS) is 10.4. The molecule has 0 fully saturated rings. The first-order chi connectivity index (χ1) is 8.58. The van der Waals surface area contributed by atoms with Crippen LogP contribution < -0.4 is 0 Å². The molecule has 2 aromatic rings. The van der Waals surface area contributed by atoms with Crippen molar-refractivity contribution in [3.8, 4) is 0 Å². The lowest BCUT2D eigenvalue weighted by Gasteiger charge is -2.03. The van der Waals surface area contributed by atoms with Gasteiger partial charge in [0.25, 0.3) is 0 Å². The molecule has 0 saturated heterocycles. The molecular formula is C14H9F3O. The molecule has 2 aromatic carbocycles. The number of carbonyl (C=O) groups excluding carboxylic acids is 1. The molecule has 0 N–H and O–H groups in total. The highest BCUT2D eigenvalue weighted by atomic mass is 19.2. The Hall–Kier alpha value is -2.10. The van der Waals surface area contributed by atoms with Crippen molar-refractivity contribution < 1.29 is 18.0 Å². The average Bonchev–Trinajstić information content (AvgIpc) is 2.36. The molecule has 0 saturated carbocycles. The molecule has 18 heavy (non-hydrogen) atoms. The Morgan fingerprint density at radius 3 is 2.06 bits per heavy atom. The van der Waals surface area contributed by atoms with Gasteiger partial charge < -0.3 is 0 Å². The second-order valence-electron chi connectivity index (χ2n) is 3.84. The Morgan fingerprint density at radius 2 is 1.50 bits per heavy atom. The second kappa shape index (κ2) is 5.04. The highest BCUT2D eigenvalue weighted by Gasteiger charge is 2.15. The van der Waals surface area contributed by atoms with E-state index in [4.69, 9.17) is 0 Å². The Bertz CT molecular complexity index is 556. The van der Waals surface area contributed by atoms with Crippen molar-refractivity contribution in [2.45, 2.75) is 6.42 Å². The van der Waals surface area contributed by atoms with Gasteiger partial charge in [0, 0.05) is 12.0 Å². The van der Waals surface area contributed by atoms with E-state index in [-0.39, 0.29) is 12.0 Å². The first kappa shape index (κ1) is 12.4. The summed E-state index contributed by atoms with van der Waals surface area (Å²) in [6, 6.07) is 10.2. The van der Waals surface area contributed by atoms with Crippen LogP contribution >= 0.6 is 0 Å². The van der Waals surface area contributed by atoms with Crippen LogP contribution in [0, 0.1) is 17.5 Å². The van der Waals surface area contributed by atoms with Crippen molar-refractivity contribution in [1.82, 2.24) is 0 Å². The molecule has 0 unspecified atom stereocenters. The number of ketones is 1. The summed E-state index contributed by atoms with van der Waals surface area (Å²) in [5.74, 6) is -4.73. The van der Waals surface area contributed by atoms with Gasteiger partial charge in [-0.15, -0.1) is 0 Å². The van der Waals surface area contributed by atoms with Gasteiger partial charge in [-0.3, -0.25) is 4.79 Å². The van der Waals surface area contributed by atoms with E-state index >= 15 is 0 Å². The largest absolute Gasteiger partial charge is 0.294 e. The van der Waals surface area contributed by atoms with E-state index in [0.29, 0.717) is 12.1 Å². The Labute approximate surface area is 102 Å². The van der Waals surface area contributed by atoms with Gasteiger partial charge in [-0.25, -0.2) is 13.2 Å². The molecule has 0 aliphatic rings. The molecule has 0 atom stereocenters. The van der Waals surface area contributed by atoms with Crippen LogP contribution in [0.2, 0.25) is 0 Å². The molecule has 2 rings (SSSR count). The summed E-state index contributed by atoms with van der Waals surface area (Å²) < 4.78 is 38.7. The first-order valence-corrected chi connectivity index (χ1v) is 5.29. The van der Waals surface area contributed by atoms with Crippen molar-refractivity contribution in [1.29, 1.82) is 0 Å². The van der Waals surface area contributed by atoms with E-state index in [1.165, 1.54) is 0 Å². The zero-order valence-electron chi connectivity index (χ0n) is 9.29. The number of carbonyl (C=O) groups is 1. The minimum absolute atomic E-state index is 0.0192. The maximum Gasteiger partial charge on any atom is 0.194 e. The van der Waals surface area contributed by atoms with Crippen LogP contribution in [0.5, 0.6) is 0 Å².